The summed E-state index contributed by atoms with van der Waals surface area (Å²) in [6.45, 7) is 0. The van der Waals surface area contributed by atoms with Gasteiger partial charge in [-0.2, -0.15) is 0 Å². The largest absolute Gasteiger partial charge is 0.487 e. The number of sulfonamides is 1. The van der Waals surface area contributed by atoms with Gasteiger partial charge in [0.25, 0.3) is 0 Å². The Morgan fingerprint density at radius 1 is 1.44 bits per heavy atom. The second-order valence-corrected chi connectivity index (χ2v) is 5.56. The average Bonchev–Trinajstić information content (AvgIpc) is 2.93. The number of rotatable bonds is 4. The summed E-state index contributed by atoms with van der Waals surface area (Å²) in [6.07, 6.45) is 2.88. The monoisotopic (exact) mass is 245 g/mol. The van der Waals surface area contributed by atoms with E-state index >= 15 is 0 Å². The van der Waals surface area contributed by atoms with Crippen LogP contribution in [0.5, 0.6) is 5.75 Å². The third-order valence-electron chi connectivity index (χ3n) is 2.08. The molecule has 1 aromatic rings. The molecule has 0 atom stereocenters. The van der Waals surface area contributed by atoms with Gasteiger partial charge in [-0.15, -0.1) is 0 Å². The number of anilines is 1. The highest BCUT2D eigenvalue weighted by Gasteiger charge is 2.25. The highest BCUT2D eigenvalue weighted by molar-refractivity contribution is 7.92. The second-order valence-electron chi connectivity index (χ2n) is 3.81. The van der Waals surface area contributed by atoms with Crippen LogP contribution in [-0.2, 0) is 10.0 Å². The van der Waals surface area contributed by atoms with E-state index in [0.29, 0.717) is 0 Å². The molecule has 0 unspecified atom stereocenters. The van der Waals surface area contributed by atoms with Crippen LogP contribution in [0.1, 0.15) is 12.8 Å². The highest BCUT2D eigenvalue weighted by Crippen LogP contribution is 2.31. The Labute approximate surface area is 93.5 Å². The summed E-state index contributed by atoms with van der Waals surface area (Å²) in [5.41, 5.74) is -0.0827. The van der Waals surface area contributed by atoms with E-state index in [0.717, 1.165) is 19.1 Å². The zero-order valence-corrected chi connectivity index (χ0v) is 9.55. The second kappa shape index (κ2) is 3.93. The Kier molecular flexibility index (Phi) is 2.75. The van der Waals surface area contributed by atoms with Crippen molar-refractivity contribution < 1.29 is 17.5 Å². The van der Waals surface area contributed by atoms with Crippen molar-refractivity contribution >= 4 is 15.7 Å². The maximum absolute atomic E-state index is 13.7. The van der Waals surface area contributed by atoms with Crippen molar-refractivity contribution in [3.63, 3.8) is 0 Å². The summed E-state index contributed by atoms with van der Waals surface area (Å²) in [5, 5.41) is 0. The molecule has 0 bridgehead atoms. The molecule has 6 heteroatoms. The normalized spacial score (nSPS) is 15.9. The quantitative estimate of drug-likeness (QED) is 0.879. The molecule has 0 amide bonds. The lowest BCUT2D eigenvalue weighted by Gasteiger charge is -2.09. The zero-order chi connectivity index (χ0) is 11.8. The van der Waals surface area contributed by atoms with Crippen molar-refractivity contribution in [2.24, 2.45) is 0 Å². The fraction of sp³-hybridized carbons (Fsp3) is 0.400. The van der Waals surface area contributed by atoms with Gasteiger partial charge >= 0.3 is 0 Å². The van der Waals surface area contributed by atoms with Crippen LogP contribution >= 0.6 is 0 Å². The van der Waals surface area contributed by atoms with Crippen LogP contribution in [0.25, 0.3) is 0 Å². The number of halogens is 1. The molecule has 1 fully saturated rings. The van der Waals surface area contributed by atoms with Crippen molar-refractivity contribution in [1.82, 2.24) is 0 Å². The van der Waals surface area contributed by atoms with Gasteiger partial charge in [0.15, 0.2) is 11.6 Å². The van der Waals surface area contributed by atoms with Gasteiger partial charge < -0.3 is 4.74 Å². The minimum atomic E-state index is -3.47. The van der Waals surface area contributed by atoms with Crippen LogP contribution in [0, 0.1) is 5.82 Å². The standard InChI is InChI=1S/C10H12FNO3S/c1-16(13,14)12-8-3-2-4-9(10(8)11)15-7-5-6-7/h2-4,7,12H,5-6H2,1H3. The minimum Gasteiger partial charge on any atom is -0.487 e. The number of hydrogen-bond donors (Lipinski definition) is 1. The Balaban J connectivity index is 2.24. The summed E-state index contributed by atoms with van der Waals surface area (Å²) < 4.78 is 43.1. The molecule has 16 heavy (non-hydrogen) atoms. The molecule has 1 aromatic carbocycles. The molecular weight excluding hydrogens is 233 g/mol. The van der Waals surface area contributed by atoms with E-state index in [-0.39, 0.29) is 17.5 Å². The highest BCUT2D eigenvalue weighted by atomic mass is 32.2. The van der Waals surface area contributed by atoms with Gasteiger partial charge in [0.05, 0.1) is 18.0 Å². The maximum Gasteiger partial charge on any atom is 0.229 e. The van der Waals surface area contributed by atoms with Gasteiger partial charge in [0, 0.05) is 0 Å². The molecule has 0 spiro atoms. The van der Waals surface area contributed by atoms with Crippen LogP contribution in [0.15, 0.2) is 18.2 Å². The van der Waals surface area contributed by atoms with E-state index in [9.17, 15) is 12.8 Å². The third-order valence-corrected chi connectivity index (χ3v) is 2.67. The van der Waals surface area contributed by atoms with Crippen LogP contribution in [0.4, 0.5) is 10.1 Å². The summed E-state index contributed by atoms with van der Waals surface area (Å²) in [4.78, 5) is 0. The maximum atomic E-state index is 13.7. The molecule has 0 aliphatic heterocycles. The first-order valence-electron chi connectivity index (χ1n) is 4.89. The van der Waals surface area contributed by atoms with Crippen LogP contribution in [0.3, 0.4) is 0 Å². The Morgan fingerprint density at radius 2 is 2.12 bits per heavy atom. The van der Waals surface area contributed by atoms with Gasteiger partial charge in [0.2, 0.25) is 10.0 Å². The SMILES string of the molecule is CS(=O)(=O)Nc1cccc(OC2CC2)c1F. The van der Waals surface area contributed by atoms with Crippen LogP contribution in [-0.4, -0.2) is 20.8 Å². The lowest BCUT2D eigenvalue weighted by molar-refractivity contribution is 0.288. The van der Waals surface area contributed by atoms with Crippen molar-refractivity contribution in [3.05, 3.63) is 24.0 Å². The molecule has 0 saturated heterocycles. The Morgan fingerprint density at radius 3 is 2.69 bits per heavy atom. The molecule has 1 aliphatic carbocycles. The molecule has 0 aromatic heterocycles. The summed E-state index contributed by atoms with van der Waals surface area (Å²) >= 11 is 0. The smallest absolute Gasteiger partial charge is 0.229 e. The van der Waals surface area contributed by atoms with E-state index in [1.165, 1.54) is 12.1 Å². The number of hydrogen-bond acceptors (Lipinski definition) is 3. The first kappa shape index (κ1) is 11.2. The summed E-state index contributed by atoms with van der Waals surface area (Å²) in [6, 6.07) is 4.39. The van der Waals surface area contributed by atoms with Gasteiger partial charge in [-0.05, 0) is 25.0 Å². The molecule has 1 saturated carbocycles. The van der Waals surface area contributed by atoms with Crippen molar-refractivity contribution in [1.29, 1.82) is 0 Å². The molecule has 4 nitrogen and oxygen atoms in total. The first-order chi connectivity index (χ1) is 7.46. The number of benzene rings is 1. The molecule has 88 valence electrons. The topological polar surface area (TPSA) is 55.4 Å². The molecule has 0 radical (unpaired) electrons. The minimum absolute atomic E-state index is 0.0722. The van der Waals surface area contributed by atoms with Crippen LogP contribution < -0.4 is 9.46 Å². The molecule has 0 heterocycles. The molecule has 1 N–H and O–H groups in total. The zero-order valence-electron chi connectivity index (χ0n) is 8.73. The summed E-state index contributed by atoms with van der Waals surface area (Å²) in [5.74, 6) is -0.573. The van der Waals surface area contributed by atoms with Crippen molar-refractivity contribution in [3.8, 4) is 5.75 Å². The van der Waals surface area contributed by atoms with E-state index in [4.69, 9.17) is 4.74 Å². The van der Waals surface area contributed by atoms with E-state index in [1.54, 1.807) is 6.07 Å². The third kappa shape index (κ3) is 2.85. The fourth-order valence-electron chi connectivity index (χ4n) is 1.25. The number of ether oxygens (including phenoxy) is 1. The van der Waals surface area contributed by atoms with Gasteiger partial charge in [-0.1, -0.05) is 6.07 Å². The van der Waals surface area contributed by atoms with E-state index in [2.05, 4.69) is 4.72 Å². The fourth-order valence-corrected chi connectivity index (χ4v) is 1.80. The Bertz CT molecular complexity index is 497. The summed E-state index contributed by atoms with van der Waals surface area (Å²) in [7, 11) is -3.47. The van der Waals surface area contributed by atoms with Gasteiger partial charge in [-0.3, -0.25) is 4.72 Å². The lowest BCUT2D eigenvalue weighted by atomic mass is 10.3. The van der Waals surface area contributed by atoms with Crippen LogP contribution in [0.2, 0.25) is 0 Å². The van der Waals surface area contributed by atoms with Crippen molar-refractivity contribution in [2.75, 3.05) is 11.0 Å². The average molecular weight is 245 g/mol. The number of nitrogens with one attached hydrogen (secondary N) is 1. The first-order valence-corrected chi connectivity index (χ1v) is 6.78. The molecule has 2 rings (SSSR count). The van der Waals surface area contributed by atoms with E-state index < -0.39 is 15.8 Å². The Hall–Kier alpha value is -1.30. The molecule has 1 aliphatic rings. The molecular formula is C10H12FNO3S. The predicted molar refractivity (Wildman–Crippen MR) is 58.5 cm³/mol. The van der Waals surface area contributed by atoms with Gasteiger partial charge in [0.1, 0.15) is 0 Å². The van der Waals surface area contributed by atoms with Gasteiger partial charge in [-0.25, -0.2) is 12.8 Å². The predicted octanol–water partition coefficient (Wildman–Crippen LogP) is 1.74. The van der Waals surface area contributed by atoms with Crippen molar-refractivity contribution in [2.45, 2.75) is 18.9 Å². The lowest BCUT2D eigenvalue weighted by Crippen LogP contribution is -2.11. The van der Waals surface area contributed by atoms with E-state index in [1.807, 2.05) is 0 Å².